The Balaban J connectivity index is 2.55. The predicted octanol–water partition coefficient (Wildman–Crippen LogP) is 2.76. The van der Waals surface area contributed by atoms with Gasteiger partial charge in [0.25, 0.3) is 0 Å². The minimum atomic E-state index is 0.529. The lowest BCUT2D eigenvalue weighted by molar-refractivity contribution is 0.462. The lowest BCUT2D eigenvalue weighted by Crippen LogP contribution is -2.32. The highest BCUT2D eigenvalue weighted by Crippen LogP contribution is 2.14. The van der Waals surface area contributed by atoms with E-state index in [4.69, 9.17) is 5.73 Å². The molecule has 1 aromatic heterocycles. The minimum absolute atomic E-state index is 0.529. The number of nitrogens with two attached hydrogens (primary N) is 1. The largest absolute Gasteiger partial charge is 0.398 e. The average Bonchev–Trinajstić information content (AvgIpc) is 2.35. The van der Waals surface area contributed by atoms with Gasteiger partial charge in [-0.05, 0) is 37.4 Å². The highest BCUT2D eigenvalue weighted by atomic mass is 14.9. The van der Waals surface area contributed by atoms with Crippen LogP contribution in [0.15, 0.2) is 18.5 Å². The number of nitrogens with zero attached hydrogens (tertiary/aromatic N) is 1. The Morgan fingerprint density at radius 3 is 2.82 bits per heavy atom. The molecule has 0 saturated heterocycles. The average molecular weight is 235 g/mol. The van der Waals surface area contributed by atoms with Crippen LogP contribution in [-0.4, -0.2) is 17.6 Å². The van der Waals surface area contributed by atoms with Gasteiger partial charge in [0.1, 0.15) is 0 Å². The first-order chi connectivity index (χ1) is 8.27. The van der Waals surface area contributed by atoms with Gasteiger partial charge in [-0.15, -0.1) is 0 Å². The van der Waals surface area contributed by atoms with Crippen molar-refractivity contribution in [2.24, 2.45) is 0 Å². The zero-order valence-electron chi connectivity index (χ0n) is 11.1. The van der Waals surface area contributed by atoms with Crippen LogP contribution in [-0.2, 0) is 6.42 Å². The van der Waals surface area contributed by atoms with E-state index >= 15 is 0 Å². The molecule has 1 rings (SSSR count). The fraction of sp³-hybridized carbons (Fsp3) is 0.643. The van der Waals surface area contributed by atoms with E-state index < -0.39 is 0 Å². The zero-order chi connectivity index (χ0) is 12.5. The standard InChI is InChI=1S/C14H25N3/c1-3-5-6-13(17-8-4-2)10-12-11-16-9-7-14(12)15/h7,9,11,13,17H,3-6,8,10H2,1-2H3,(H2,15,16). The smallest absolute Gasteiger partial charge is 0.0378 e. The molecule has 0 amide bonds. The maximum atomic E-state index is 5.96. The third-order valence-electron chi connectivity index (χ3n) is 3.00. The van der Waals surface area contributed by atoms with E-state index in [-0.39, 0.29) is 0 Å². The molecule has 0 aromatic carbocycles. The number of hydrogen-bond donors (Lipinski definition) is 2. The van der Waals surface area contributed by atoms with Gasteiger partial charge in [-0.2, -0.15) is 0 Å². The van der Waals surface area contributed by atoms with Crippen LogP contribution in [0.5, 0.6) is 0 Å². The molecule has 0 aliphatic carbocycles. The Bertz CT molecular complexity index is 304. The SMILES string of the molecule is CCCCC(Cc1cnccc1N)NCCC. The quantitative estimate of drug-likeness (QED) is 0.728. The van der Waals surface area contributed by atoms with Gasteiger partial charge in [0, 0.05) is 24.1 Å². The molecule has 3 heteroatoms. The molecular weight excluding hydrogens is 210 g/mol. The summed E-state index contributed by atoms with van der Waals surface area (Å²) in [5, 5.41) is 3.60. The van der Waals surface area contributed by atoms with Gasteiger partial charge in [0.05, 0.1) is 0 Å². The van der Waals surface area contributed by atoms with E-state index in [2.05, 4.69) is 24.1 Å². The van der Waals surface area contributed by atoms with E-state index in [0.717, 1.165) is 24.2 Å². The molecule has 1 atom stereocenters. The summed E-state index contributed by atoms with van der Waals surface area (Å²) in [6.45, 7) is 5.51. The molecule has 1 heterocycles. The third kappa shape index (κ3) is 5.18. The van der Waals surface area contributed by atoms with Crippen LogP contribution in [0.4, 0.5) is 5.69 Å². The fourth-order valence-corrected chi connectivity index (χ4v) is 1.95. The fourth-order valence-electron chi connectivity index (χ4n) is 1.95. The van der Waals surface area contributed by atoms with Gasteiger partial charge < -0.3 is 11.1 Å². The Labute approximate surface area is 105 Å². The Morgan fingerprint density at radius 1 is 1.35 bits per heavy atom. The van der Waals surface area contributed by atoms with Crippen LogP contribution >= 0.6 is 0 Å². The van der Waals surface area contributed by atoms with E-state index in [1.165, 1.54) is 25.7 Å². The molecule has 0 aliphatic heterocycles. The number of anilines is 1. The molecule has 0 bridgehead atoms. The van der Waals surface area contributed by atoms with Crippen molar-refractivity contribution in [2.45, 2.75) is 52.0 Å². The maximum Gasteiger partial charge on any atom is 0.0378 e. The summed E-state index contributed by atoms with van der Waals surface area (Å²) in [6, 6.07) is 2.41. The Kier molecular flexibility index (Phi) is 6.63. The summed E-state index contributed by atoms with van der Waals surface area (Å²) >= 11 is 0. The number of pyridine rings is 1. The summed E-state index contributed by atoms with van der Waals surface area (Å²) in [5.74, 6) is 0. The van der Waals surface area contributed by atoms with Crippen molar-refractivity contribution in [3.05, 3.63) is 24.0 Å². The molecule has 3 nitrogen and oxygen atoms in total. The zero-order valence-corrected chi connectivity index (χ0v) is 11.1. The third-order valence-corrected chi connectivity index (χ3v) is 3.00. The Hall–Kier alpha value is -1.09. The van der Waals surface area contributed by atoms with Gasteiger partial charge in [-0.1, -0.05) is 26.7 Å². The normalized spacial score (nSPS) is 12.6. The van der Waals surface area contributed by atoms with Gasteiger partial charge in [0.15, 0.2) is 0 Å². The second-order valence-corrected chi connectivity index (χ2v) is 4.57. The van der Waals surface area contributed by atoms with Crippen LogP contribution in [0.2, 0.25) is 0 Å². The van der Waals surface area contributed by atoms with Crippen LogP contribution < -0.4 is 11.1 Å². The number of unbranched alkanes of at least 4 members (excludes halogenated alkanes) is 1. The summed E-state index contributed by atoms with van der Waals surface area (Å²) < 4.78 is 0. The summed E-state index contributed by atoms with van der Waals surface area (Å²) in [5.41, 5.74) is 7.98. The van der Waals surface area contributed by atoms with Gasteiger partial charge in [-0.3, -0.25) is 4.98 Å². The summed E-state index contributed by atoms with van der Waals surface area (Å²) in [4.78, 5) is 4.15. The molecule has 0 fully saturated rings. The van der Waals surface area contributed by atoms with Crippen molar-refractivity contribution in [3.63, 3.8) is 0 Å². The molecule has 1 unspecified atom stereocenters. The molecule has 96 valence electrons. The van der Waals surface area contributed by atoms with E-state index in [1.807, 2.05) is 12.3 Å². The molecule has 0 saturated carbocycles. The van der Waals surface area contributed by atoms with E-state index in [9.17, 15) is 0 Å². The highest BCUT2D eigenvalue weighted by Gasteiger charge is 2.10. The lowest BCUT2D eigenvalue weighted by Gasteiger charge is -2.19. The summed E-state index contributed by atoms with van der Waals surface area (Å²) in [7, 11) is 0. The highest BCUT2D eigenvalue weighted by molar-refractivity contribution is 5.44. The van der Waals surface area contributed by atoms with Gasteiger partial charge in [-0.25, -0.2) is 0 Å². The van der Waals surface area contributed by atoms with Crippen molar-refractivity contribution >= 4 is 5.69 Å². The van der Waals surface area contributed by atoms with E-state index in [0.29, 0.717) is 6.04 Å². The van der Waals surface area contributed by atoms with Crippen LogP contribution in [0.1, 0.15) is 45.1 Å². The molecular formula is C14H25N3. The van der Waals surface area contributed by atoms with Crippen LogP contribution in [0, 0.1) is 0 Å². The number of rotatable bonds is 8. The molecule has 3 N–H and O–H groups in total. The topological polar surface area (TPSA) is 50.9 Å². The van der Waals surface area contributed by atoms with Crippen LogP contribution in [0.25, 0.3) is 0 Å². The monoisotopic (exact) mass is 235 g/mol. The number of nitrogen functional groups attached to an aromatic ring is 1. The number of nitrogens with one attached hydrogen (secondary N) is 1. The van der Waals surface area contributed by atoms with Crippen LogP contribution in [0.3, 0.4) is 0 Å². The first-order valence-electron chi connectivity index (χ1n) is 6.69. The minimum Gasteiger partial charge on any atom is -0.398 e. The van der Waals surface area contributed by atoms with Gasteiger partial charge >= 0.3 is 0 Å². The molecule has 1 aromatic rings. The van der Waals surface area contributed by atoms with Crippen molar-refractivity contribution in [1.82, 2.24) is 10.3 Å². The lowest BCUT2D eigenvalue weighted by atomic mass is 10.0. The second-order valence-electron chi connectivity index (χ2n) is 4.57. The maximum absolute atomic E-state index is 5.96. The second kappa shape index (κ2) is 8.07. The number of aromatic nitrogens is 1. The predicted molar refractivity (Wildman–Crippen MR) is 74.0 cm³/mol. The van der Waals surface area contributed by atoms with Crippen molar-refractivity contribution in [1.29, 1.82) is 0 Å². The van der Waals surface area contributed by atoms with Gasteiger partial charge in [0.2, 0.25) is 0 Å². The molecule has 0 aliphatic rings. The Morgan fingerprint density at radius 2 is 2.18 bits per heavy atom. The first kappa shape index (κ1) is 14.0. The first-order valence-corrected chi connectivity index (χ1v) is 6.69. The molecule has 17 heavy (non-hydrogen) atoms. The molecule has 0 spiro atoms. The summed E-state index contributed by atoms with van der Waals surface area (Å²) in [6.07, 6.45) is 9.52. The van der Waals surface area contributed by atoms with E-state index in [1.54, 1.807) is 6.20 Å². The number of hydrogen-bond acceptors (Lipinski definition) is 3. The molecule has 0 radical (unpaired) electrons. The van der Waals surface area contributed by atoms with Crippen molar-refractivity contribution in [3.8, 4) is 0 Å². The van der Waals surface area contributed by atoms with Crippen molar-refractivity contribution < 1.29 is 0 Å². The van der Waals surface area contributed by atoms with Crippen molar-refractivity contribution in [2.75, 3.05) is 12.3 Å².